The van der Waals surface area contributed by atoms with E-state index >= 15 is 0 Å². The fraction of sp³-hybridized carbons (Fsp3) is 0.200. The van der Waals surface area contributed by atoms with Crippen molar-refractivity contribution in [2.45, 2.75) is 16.6 Å². The standard InChI is InChI=1S/C20H17NO5S/c1-21-18(23)11-17(19(21)24)27-16-10-6-5-9-14(16)20(25)26-12-15(22)13-7-3-2-4-8-13/h2-10,17H,11-12H2,1H3. The molecule has 0 saturated carbocycles. The van der Waals surface area contributed by atoms with Gasteiger partial charge in [0.05, 0.1) is 10.8 Å². The number of carbonyl (C=O) groups excluding carboxylic acids is 4. The lowest BCUT2D eigenvalue weighted by Crippen LogP contribution is -2.26. The summed E-state index contributed by atoms with van der Waals surface area (Å²) in [6.45, 7) is -0.370. The smallest absolute Gasteiger partial charge is 0.339 e. The molecule has 0 aliphatic carbocycles. The number of benzene rings is 2. The molecule has 0 N–H and O–H groups in total. The van der Waals surface area contributed by atoms with E-state index in [0.29, 0.717) is 10.5 Å². The van der Waals surface area contributed by atoms with Crippen molar-refractivity contribution in [2.24, 2.45) is 0 Å². The number of ether oxygens (including phenoxy) is 1. The van der Waals surface area contributed by atoms with Gasteiger partial charge in [0.1, 0.15) is 0 Å². The van der Waals surface area contributed by atoms with Crippen LogP contribution in [-0.2, 0) is 14.3 Å². The molecule has 2 aromatic carbocycles. The number of thioether (sulfide) groups is 1. The van der Waals surface area contributed by atoms with Crippen LogP contribution >= 0.6 is 11.8 Å². The van der Waals surface area contributed by atoms with E-state index < -0.39 is 11.2 Å². The number of ketones is 1. The summed E-state index contributed by atoms with van der Waals surface area (Å²) in [4.78, 5) is 49.9. The van der Waals surface area contributed by atoms with Gasteiger partial charge in [0.2, 0.25) is 11.8 Å². The predicted octanol–water partition coefficient (Wildman–Crippen LogP) is 2.58. The third-order valence-corrected chi connectivity index (χ3v) is 5.41. The van der Waals surface area contributed by atoms with Crippen LogP contribution in [0.5, 0.6) is 0 Å². The number of hydrogen-bond donors (Lipinski definition) is 0. The van der Waals surface area contributed by atoms with Crippen molar-refractivity contribution in [1.29, 1.82) is 0 Å². The maximum Gasteiger partial charge on any atom is 0.339 e. The second-order valence-electron chi connectivity index (χ2n) is 5.96. The largest absolute Gasteiger partial charge is 0.454 e. The van der Waals surface area contributed by atoms with Crippen LogP contribution < -0.4 is 0 Å². The first kappa shape index (κ1) is 18.8. The number of carbonyl (C=O) groups is 4. The molecule has 1 heterocycles. The summed E-state index contributed by atoms with van der Waals surface area (Å²) < 4.78 is 5.15. The van der Waals surface area contributed by atoms with Crippen LogP contribution in [0.2, 0.25) is 0 Å². The van der Waals surface area contributed by atoms with Crippen LogP contribution in [-0.4, -0.2) is 47.4 Å². The van der Waals surface area contributed by atoms with Gasteiger partial charge >= 0.3 is 5.97 Å². The van der Waals surface area contributed by atoms with Gasteiger partial charge in [-0.3, -0.25) is 19.3 Å². The Morgan fingerprint density at radius 3 is 2.41 bits per heavy atom. The topological polar surface area (TPSA) is 80.8 Å². The normalized spacial score (nSPS) is 16.5. The molecule has 1 fully saturated rings. The van der Waals surface area contributed by atoms with Crippen molar-refractivity contribution in [3.63, 3.8) is 0 Å². The highest BCUT2D eigenvalue weighted by atomic mass is 32.2. The summed E-state index contributed by atoms with van der Waals surface area (Å²) in [6, 6.07) is 15.2. The molecule has 0 spiro atoms. The lowest BCUT2D eigenvalue weighted by Gasteiger charge is -2.12. The Balaban J connectivity index is 1.68. The molecule has 0 aromatic heterocycles. The zero-order valence-electron chi connectivity index (χ0n) is 14.6. The van der Waals surface area contributed by atoms with Gasteiger partial charge < -0.3 is 4.74 Å². The van der Waals surface area contributed by atoms with Gasteiger partial charge in [0.25, 0.3) is 0 Å². The molecule has 1 unspecified atom stereocenters. The van der Waals surface area contributed by atoms with E-state index in [4.69, 9.17) is 4.74 Å². The minimum absolute atomic E-state index is 0.0931. The summed E-state index contributed by atoms with van der Waals surface area (Å²) >= 11 is 1.15. The van der Waals surface area contributed by atoms with Gasteiger partial charge in [0.15, 0.2) is 12.4 Å². The third-order valence-electron chi connectivity index (χ3n) is 4.15. The molecule has 1 atom stereocenters. The number of rotatable bonds is 6. The minimum atomic E-state index is -0.646. The second kappa shape index (κ2) is 8.18. The lowest BCUT2D eigenvalue weighted by molar-refractivity contribution is -0.136. The fourth-order valence-electron chi connectivity index (χ4n) is 2.62. The Labute approximate surface area is 160 Å². The molecule has 0 radical (unpaired) electrons. The van der Waals surface area contributed by atoms with Crippen LogP contribution in [0.25, 0.3) is 0 Å². The third kappa shape index (κ3) is 4.25. The van der Waals surface area contributed by atoms with E-state index in [1.807, 2.05) is 0 Å². The Morgan fingerprint density at radius 2 is 1.74 bits per heavy atom. The first-order valence-electron chi connectivity index (χ1n) is 8.29. The Bertz CT molecular complexity index is 896. The minimum Gasteiger partial charge on any atom is -0.454 e. The molecule has 2 amide bonds. The Hall–Kier alpha value is -2.93. The van der Waals surface area contributed by atoms with Crippen molar-refractivity contribution in [2.75, 3.05) is 13.7 Å². The first-order valence-corrected chi connectivity index (χ1v) is 9.17. The molecule has 6 nitrogen and oxygen atoms in total. The Morgan fingerprint density at radius 1 is 1.07 bits per heavy atom. The number of imide groups is 1. The Kier molecular flexibility index (Phi) is 5.71. The van der Waals surface area contributed by atoms with E-state index in [-0.39, 0.29) is 36.2 Å². The van der Waals surface area contributed by atoms with Crippen molar-refractivity contribution >= 4 is 35.3 Å². The van der Waals surface area contributed by atoms with Gasteiger partial charge in [-0.15, -0.1) is 11.8 Å². The quantitative estimate of drug-likeness (QED) is 0.433. The van der Waals surface area contributed by atoms with Gasteiger partial charge in [-0.25, -0.2) is 4.79 Å². The van der Waals surface area contributed by atoms with Gasteiger partial charge in [0, 0.05) is 23.9 Å². The van der Waals surface area contributed by atoms with E-state index in [0.717, 1.165) is 16.7 Å². The van der Waals surface area contributed by atoms with E-state index in [9.17, 15) is 19.2 Å². The summed E-state index contributed by atoms with van der Waals surface area (Å²) in [7, 11) is 1.45. The molecule has 7 heteroatoms. The molecule has 138 valence electrons. The maximum atomic E-state index is 12.4. The van der Waals surface area contributed by atoms with E-state index in [2.05, 4.69) is 0 Å². The van der Waals surface area contributed by atoms with Crippen LogP contribution in [0.4, 0.5) is 0 Å². The SMILES string of the molecule is CN1C(=O)CC(Sc2ccccc2C(=O)OCC(=O)c2ccccc2)C1=O. The maximum absolute atomic E-state index is 12.4. The number of esters is 1. The second-order valence-corrected chi connectivity index (χ2v) is 7.21. The van der Waals surface area contributed by atoms with Crippen LogP contribution in [0, 0.1) is 0 Å². The van der Waals surface area contributed by atoms with Crippen LogP contribution in [0.15, 0.2) is 59.5 Å². The van der Waals surface area contributed by atoms with Crippen molar-refractivity contribution < 1.29 is 23.9 Å². The van der Waals surface area contributed by atoms with Gasteiger partial charge in [-0.2, -0.15) is 0 Å². The highest BCUT2D eigenvalue weighted by Crippen LogP contribution is 2.33. The zero-order chi connectivity index (χ0) is 19.4. The molecule has 1 aliphatic heterocycles. The molecule has 27 heavy (non-hydrogen) atoms. The molecule has 3 rings (SSSR count). The van der Waals surface area contributed by atoms with Gasteiger partial charge in [-0.05, 0) is 12.1 Å². The van der Waals surface area contributed by atoms with Crippen molar-refractivity contribution in [1.82, 2.24) is 4.90 Å². The van der Waals surface area contributed by atoms with E-state index in [1.165, 1.54) is 7.05 Å². The average molecular weight is 383 g/mol. The number of hydrogen-bond acceptors (Lipinski definition) is 6. The predicted molar refractivity (Wildman–Crippen MR) is 99.5 cm³/mol. The number of Topliss-reactive ketones (excluding diaryl/α,β-unsaturated/α-hetero) is 1. The van der Waals surface area contributed by atoms with Crippen molar-refractivity contribution in [3.8, 4) is 0 Å². The number of nitrogens with zero attached hydrogens (tertiary/aromatic N) is 1. The highest BCUT2D eigenvalue weighted by Gasteiger charge is 2.37. The molecule has 1 saturated heterocycles. The fourth-order valence-corrected chi connectivity index (χ4v) is 3.85. The summed E-state index contributed by atoms with van der Waals surface area (Å²) in [5.74, 6) is -1.47. The summed E-state index contributed by atoms with van der Waals surface area (Å²) in [5, 5.41) is -0.567. The molecular formula is C20H17NO5S. The van der Waals surface area contributed by atoms with Crippen LogP contribution in [0.3, 0.4) is 0 Å². The summed E-state index contributed by atoms with van der Waals surface area (Å²) in [5.41, 5.74) is 0.726. The molecule has 1 aliphatic rings. The van der Waals surface area contributed by atoms with E-state index in [1.54, 1.807) is 54.6 Å². The molecular weight excluding hydrogens is 366 g/mol. The number of amides is 2. The molecule has 2 aromatic rings. The summed E-state index contributed by atoms with van der Waals surface area (Å²) in [6.07, 6.45) is 0.0931. The first-order chi connectivity index (χ1) is 13.0. The highest BCUT2D eigenvalue weighted by molar-refractivity contribution is 8.00. The van der Waals surface area contributed by atoms with Crippen LogP contribution in [0.1, 0.15) is 27.1 Å². The lowest BCUT2D eigenvalue weighted by atomic mass is 10.1. The van der Waals surface area contributed by atoms with Gasteiger partial charge in [-0.1, -0.05) is 42.5 Å². The zero-order valence-corrected chi connectivity index (χ0v) is 15.4. The monoisotopic (exact) mass is 383 g/mol. The number of likely N-dealkylation sites (tertiary alicyclic amines) is 1. The molecule has 0 bridgehead atoms. The van der Waals surface area contributed by atoms with Crippen molar-refractivity contribution in [3.05, 3.63) is 65.7 Å². The average Bonchev–Trinajstić information content (AvgIpc) is 2.93.